The molecular weight excluding hydrogens is 386 g/mol. The summed E-state index contributed by atoms with van der Waals surface area (Å²) >= 11 is 1.56. The van der Waals surface area contributed by atoms with Gasteiger partial charge in [-0.3, -0.25) is 0 Å². The number of hydrogen-bond acceptors (Lipinski definition) is 6. The van der Waals surface area contributed by atoms with Gasteiger partial charge in [0.1, 0.15) is 10.8 Å². The summed E-state index contributed by atoms with van der Waals surface area (Å²) in [7, 11) is 0. The fraction of sp³-hybridized carbons (Fsp3) is 0.300. The number of nitrogens with two attached hydrogens (primary N) is 2. The van der Waals surface area contributed by atoms with E-state index in [1.54, 1.807) is 17.5 Å². The molecule has 8 nitrogen and oxygen atoms in total. The molecule has 152 valence electrons. The van der Waals surface area contributed by atoms with Gasteiger partial charge in [0.05, 0.1) is 29.2 Å². The number of aryl methyl sites for hydroxylation is 2. The van der Waals surface area contributed by atoms with Gasteiger partial charge in [0.15, 0.2) is 0 Å². The quantitative estimate of drug-likeness (QED) is 0.243. The van der Waals surface area contributed by atoms with Crippen LogP contribution in [-0.2, 0) is 6.54 Å². The molecule has 0 saturated carbocycles. The maximum atomic E-state index is 5.84. The van der Waals surface area contributed by atoms with Crippen LogP contribution in [0, 0.1) is 6.92 Å². The van der Waals surface area contributed by atoms with Crippen molar-refractivity contribution in [3.8, 4) is 16.3 Å². The summed E-state index contributed by atoms with van der Waals surface area (Å²) in [5.74, 6) is 0.791. The first-order valence-corrected chi connectivity index (χ1v) is 10.1. The second-order valence-corrected chi connectivity index (χ2v) is 7.52. The molecule has 0 spiro atoms. The number of aromatic nitrogens is 3. The van der Waals surface area contributed by atoms with Crippen LogP contribution in [0.25, 0.3) is 10.6 Å². The van der Waals surface area contributed by atoms with Gasteiger partial charge in [0.2, 0.25) is 5.96 Å². The van der Waals surface area contributed by atoms with E-state index in [4.69, 9.17) is 16.2 Å². The Bertz CT molecular complexity index is 971. The van der Waals surface area contributed by atoms with Crippen LogP contribution >= 0.6 is 11.3 Å². The average Bonchev–Trinajstić information content (AvgIpc) is 3.36. The summed E-state index contributed by atoms with van der Waals surface area (Å²) in [4.78, 5) is 9.65. The number of thiazole rings is 1. The number of unbranched alkanes of at least 4 members (excludes halogenated alkanes) is 1. The third kappa shape index (κ3) is 5.89. The number of imidazole rings is 1. The Kier molecular flexibility index (Phi) is 6.96. The molecule has 0 aliphatic rings. The molecule has 0 fully saturated rings. The number of rotatable bonds is 9. The van der Waals surface area contributed by atoms with E-state index in [0.29, 0.717) is 6.61 Å². The Hall–Kier alpha value is -3.20. The second-order valence-electron chi connectivity index (χ2n) is 6.52. The summed E-state index contributed by atoms with van der Waals surface area (Å²) in [5, 5.41) is 8.67. The number of nitrogens with zero attached hydrogens (tertiary/aromatic N) is 5. The highest BCUT2D eigenvalue weighted by atomic mass is 32.1. The summed E-state index contributed by atoms with van der Waals surface area (Å²) in [6.45, 7) is 5.46. The van der Waals surface area contributed by atoms with Crippen LogP contribution in [0.5, 0.6) is 5.75 Å². The fourth-order valence-electron chi connectivity index (χ4n) is 2.73. The number of guanidine groups is 1. The molecule has 0 saturated heterocycles. The number of ether oxygens (including phenoxy) is 1. The van der Waals surface area contributed by atoms with Crippen molar-refractivity contribution in [1.29, 1.82) is 0 Å². The maximum Gasteiger partial charge on any atom is 0.211 e. The molecule has 0 unspecified atom stereocenters. The van der Waals surface area contributed by atoms with Crippen LogP contribution in [-0.4, -0.2) is 32.8 Å². The monoisotopic (exact) mass is 411 g/mol. The van der Waals surface area contributed by atoms with Crippen LogP contribution < -0.4 is 16.2 Å². The predicted octanol–water partition coefficient (Wildman–Crippen LogP) is 3.17. The Balaban J connectivity index is 1.55. The van der Waals surface area contributed by atoms with Crippen molar-refractivity contribution in [2.75, 3.05) is 6.61 Å². The third-order valence-electron chi connectivity index (χ3n) is 4.18. The van der Waals surface area contributed by atoms with Crippen LogP contribution in [0.3, 0.4) is 0 Å². The van der Waals surface area contributed by atoms with Gasteiger partial charge in [-0.25, -0.2) is 9.97 Å². The zero-order valence-corrected chi connectivity index (χ0v) is 17.4. The van der Waals surface area contributed by atoms with Crippen molar-refractivity contribution < 1.29 is 4.74 Å². The molecule has 2 aromatic heterocycles. The standard InChI is InChI=1S/C20H25N7OS/c1-14-18(15(2)25-26-20(21)22)29-19(24-14)16-5-7-17(8-6-16)28-12-4-3-10-27-11-9-23-13-27/h5-9,11,13H,3-4,10,12H2,1-2H3,(H4,21,22,26)/b25-15+. The van der Waals surface area contributed by atoms with Crippen molar-refractivity contribution in [2.24, 2.45) is 21.7 Å². The van der Waals surface area contributed by atoms with Gasteiger partial charge in [-0.05, 0) is 51.0 Å². The highest BCUT2D eigenvalue weighted by Crippen LogP contribution is 2.29. The Morgan fingerprint density at radius 1 is 1.17 bits per heavy atom. The maximum absolute atomic E-state index is 5.84. The molecule has 4 N–H and O–H groups in total. The highest BCUT2D eigenvalue weighted by molar-refractivity contribution is 7.17. The first-order valence-electron chi connectivity index (χ1n) is 9.33. The summed E-state index contributed by atoms with van der Waals surface area (Å²) in [5.41, 5.74) is 13.3. The smallest absolute Gasteiger partial charge is 0.211 e. The number of hydrogen-bond donors (Lipinski definition) is 2. The third-order valence-corrected chi connectivity index (χ3v) is 5.50. The minimum absolute atomic E-state index is 0.0657. The Morgan fingerprint density at radius 3 is 2.66 bits per heavy atom. The molecule has 1 aromatic carbocycles. The fourth-order valence-corrected chi connectivity index (χ4v) is 3.74. The molecular formula is C20H25N7OS. The van der Waals surface area contributed by atoms with Crippen molar-refractivity contribution in [3.63, 3.8) is 0 Å². The molecule has 0 amide bonds. The topological polar surface area (TPSA) is 117 Å². The average molecular weight is 412 g/mol. The van der Waals surface area contributed by atoms with Crippen molar-refractivity contribution >= 4 is 23.0 Å². The summed E-state index contributed by atoms with van der Waals surface area (Å²) < 4.78 is 7.91. The van der Waals surface area contributed by atoms with Crippen LogP contribution in [0.1, 0.15) is 30.3 Å². The van der Waals surface area contributed by atoms with Gasteiger partial charge < -0.3 is 20.8 Å². The van der Waals surface area contributed by atoms with E-state index >= 15 is 0 Å². The van der Waals surface area contributed by atoms with E-state index in [1.165, 1.54) is 0 Å². The zero-order valence-electron chi connectivity index (χ0n) is 16.6. The SMILES string of the molecule is C/C(=N\N=C(N)N)c1sc(-c2ccc(OCCCCn3ccnc3)cc2)nc1C. The molecule has 29 heavy (non-hydrogen) atoms. The molecule has 0 radical (unpaired) electrons. The lowest BCUT2D eigenvalue weighted by atomic mass is 10.2. The lowest BCUT2D eigenvalue weighted by molar-refractivity contribution is 0.303. The van der Waals surface area contributed by atoms with Gasteiger partial charge in [-0.2, -0.15) is 5.10 Å². The minimum Gasteiger partial charge on any atom is -0.494 e. The lowest BCUT2D eigenvalue weighted by Gasteiger charge is -2.07. The normalized spacial score (nSPS) is 11.4. The Labute approximate surface area is 174 Å². The molecule has 9 heteroatoms. The van der Waals surface area contributed by atoms with E-state index < -0.39 is 0 Å². The van der Waals surface area contributed by atoms with Gasteiger partial charge in [-0.15, -0.1) is 16.4 Å². The number of benzene rings is 1. The Morgan fingerprint density at radius 2 is 1.97 bits per heavy atom. The summed E-state index contributed by atoms with van der Waals surface area (Å²) in [6, 6.07) is 7.99. The predicted molar refractivity (Wildman–Crippen MR) is 117 cm³/mol. The van der Waals surface area contributed by atoms with Gasteiger partial charge >= 0.3 is 0 Å². The van der Waals surface area contributed by atoms with Gasteiger partial charge in [0, 0.05) is 24.5 Å². The molecule has 3 rings (SSSR count). The van der Waals surface area contributed by atoms with E-state index in [-0.39, 0.29) is 5.96 Å². The minimum atomic E-state index is -0.0657. The van der Waals surface area contributed by atoms with E-state index in [1.807, 2.05) is 50.6 Å². The van der Waals surface area contributed by atoms with Crippen molar-refractivity contribution in [2.45, 2.75) is 33.2 Å². The van der Waals surface area contributed by atoms with Gasteiger partial charge in [-0.1, -0.05) is 0 Å². The first-order chi connectivity index (χ1) is 14.0. The van der Waals surface area contributed by atoms with Crippen molar-refractivity contribution in [1.82, 2.24) is 14.5 Å². The molecule has 2 heterocycles. The van der Waals surface area contributed by atoms with Crippen molar-refractivity contribution in [3.05, 3.63) is 53.6 Å². The first kappa shape index (κ1) is 20.5. The molecule has 0 aliphatic carbocycles. The van der Waals surface area contributed by atoms with E-state index in [0.717, 1.165) is 52.0 Å². The molecule has 3 aromatic rings. The second kappa shape index (κ2) is 9.83. The highest BCUT2D eigenvalue weighted by Gasteiger charge is 2.12. The summed E-state index contributed by atoms with van der Waals surface area (Å²) in [6.07, 6.45) is 7.64. The largest absolute Gasteiger partial charge is 0.494 e. The zero-order chi connectivity index (χ0) is 20.6. The van der Waals surface area contributed by atoms with Crippen LogP contribution in [0.15, 0.2) is 53.2 Å². The molecule has 0 atom stereocenters. The van der Waals surface area contributed by atoms with E-state index in [2.05, 4.69) is 24.7 Å². The van der Waals surface area contributed by atoms with E-state index in [9.17, 15) is 0 Å². The van der Waals surface area contributed by atoms with Crippen LogP contribution in [0.2, 0.25) is 0 Å². The lowest BCUT2D eigenvalue weighted by Crippen LogP contribution is -2.22. The van der Waals surface area contributed by atoms with Crippen LogP contribution in [0.4, 0.5) is 0 Å². The van der Waals surface area contributed by atoms with Gasteiger partial charge in [0.25, 0.3) is 0 Å². The molecule has 0 aliphatic heterocycles. The molecule has 0 bridgehead atoms.